The van der Waals surface area contributed by atoms with Crippen molar-refractivity contribution in [3.63, 3.8) is 0 Å². The fourth-order valence-electron chi connectivity index (χ4n) is 3.09. The van der Waals surface area contributed by atoms with Gasteiger partial charge in [-0.05, 0) is 24.8 Å². The van der Waals surface area contributed by atoms with Crippen molar-refractivity contribution in [2.75, 3.05) is 6.61 Å². The fourth-order valence-corrected chi connectivity index (χ4v) is 3.09. The Balaban J connectivity index is 1.59. The zero-order chi connectivity index (χ0) is 11.5. The molecular weight excluding hydrogens is 210 g/mol. The normalized spacial score (nSPS) is 33.1. The number of ether oxygens (including phenoxy) is 1. The minimum Gasteiger partial charge on any atom is -0.375 e. The fraction of sp³-hybridized carbons (Fsp3) is 0.600. The van der Waals surface area contributed by atoms with Crippen LogP contribution in [0.25, 0.3) is 0 Å². The van der Waals surface area contributed by atoms with Crippen molar-refractivity contribution in [1.29, 1.82) is 0 Å². The predicted molar refractivity (Wildman–Crippen MR) is 69.1 cm³/mol. The van der Waals surface area contributed by atoms with E-state index in [1.807, 2.05) is 0 Å². The molecule has 3 atom stereocenters. The molecule has 2 nitrogen and oxygen atoms in total. The lowest BCUT2D eigenvalue weighted by atomic mass is 9.90. The van der Waals surface area contributed by atoms with E-state index in [0.29, 0.717) is 18.2 Å². The molecule has 1 N–H and O–H groups in total. The van der Waals surface area contributed by atoms with Gasteiger partial charge in [0, 0.05) is 12.1 Å². The first-order chi connectivity index (χ1) is 8.42. The van der Waals surface area contributed by atoms with Crippen LogP contribution >= 0.6 is 0 Å². The van der Waals surface area contributed by atoms with Gasteiger partial charge in [-0.25, -0.2) is 0 Å². The second kappa shape index (κ2) is 5.19. The molecule has 0 spiro atoms. The highest BCUT2D eigenvalue weighted by Crippen LogP contribution is 2.25. The number of benzene rings is 1. The highest BCUT2D eigenvalue weighted by Gasteiger charge is 2.32. The van der Waals surface area contributed by atoms with Gasteiger partial charge in [-0.15, -0.1) is 0 Å². The molecule has 3 rings (SSSR count). The molecule has 92 valence electrons. The van der Waals surface area contributed by atoms with Gasteiger partial charge in [-0.2, -0.15) is 0 Å². The maximum absolute atomic E-state index is 6.00. The van der Waals surface area contributed by atoms with Crippen molar-refractivity contribution in [2.45, 2.75) is 50.3 Å². The van der Waals surface area contributed by atoms with Gasteiger partial charge in [0.15, 0.2) is 0 Å². The van der Waals surface area contributed by atoms with E-state index in [9.17, 15) is 0 Å². The molecule has 17 heavy (non-hydrogen) atoms. The molecule has 2 fully saturated rings. The number of rotatable bonds is 2. The number of morpholine rings is 1. The molecule has 1 heterocycles. The Morgan fingerprint density at radius 1 is 1.12 bits per heavy atom. The number of hydrogen-bond donors (Lipinski definition) is 1. The van der Waals surface area contributed by atoms with E-state index in [2.05, 4.69) is 35.6 Å². The Kier molecular flexibility index (Phi) is 3.44. The summed E-state index contributed by atoms with van der Waals surface area (Å²) in [6.45, 7) is 0.871. The van der Waals surface area contributed by atoms with Gasteiger partial charge in [-0.1, -0.05) is 43.2 Å². The Morgan fingerprint density at radius 3 is 2.82 bits per heavy atom. The number of hydrogen-bond acceptors (Lipinski definition) is 2. The zero-order valence-corrected chi connectivity index (χ0v) is 10.3. The minimum absolute atomic E-state index is 0.482. The van der Waals surface area contributed by atoms with Gasteiger partial charge in [-0.3, -0.25) is 0 Å². The van der Waals surface area contributed by atoms with E-state index in [-0.39, 0.29) is 0 Å². The van der Waals surface area contributed by atoms with Crippen LogP contribution in [-0.4, -0.2) is 24.8 Å². The summed E-state index contributed by atoms with van der Waals surface area (Å²) in [7, 11) is 0. The van der Waals surface area contributed by atoms with E-state index < -0.39 is 0 Å². The lowest BCUT2D eigenvalue weighted by Crippen LogP contribution is -2.55. The van der Waals surface area contributed by atoms with Crippen LogP contribution in [-0.2, 0) is 11.2 Å². The quantitative estimate of drug-likeness (QED) is 0.844. The number of nitrogens with one attached hydrogen (secondary N) is 1. The number of fused-ring (bicyclic) bond motifs is 1. The molecule has 0 bridgehead atoms. The van der Waals surface area contributed by atoms with Crippen LogP contribution in [0.2, 0.25) is 0 Å². The highest BCUT2D eigenvalue weighted by molar-refractivity contribution is 5.16. The van der Waals surface area contributed by atoms with Gasteiger partial charge >= 0.3 is 0 Å². The maximum atomic E-state index is 6.00. The van der Waals surface area contributed by atoms with E-state index >= 15 is 0 Å². The van der Waals surface area contributed by atoms with E-state index in [0.717, 1.165) is 13.0 Å². The minimum atomic E-state index is 0.482. The van der Waals surface area contributed by atoms with Crippen molar-refractivity contribution in [2.24, 2.45) is 0 Å². The average molecular weight is 231 g/mol. The Labute approximate surface area is 103 Å². The summed E-state index contributed by atoms with van der Waals surface area (Å²) in [5, 5.41) is 3.78. The van der Waals surface area contributed by atoms with Crippen molar-refractivity contribution >= 4 is 0 Å². The van der Waals surface area contributed by atoms with E-state index in [4.69, 9.17) is 4.74 Å². The third-order valence-corrected chi connectivity index (χ3v) is 3.99. The molecule has 1 saturated carbocycles. The Morgan fingerprint density at radius 2 is 1.94 bits per heavy atom. The van der Waals surface area contributed by atoms with Gasteiger partial charge in [0.05, 0.1) is 12.7 Å². The van der Waals surface area contributed by atoms with E-state index in [1.165, 1.54) is 31.2 Å². The highest BCUT2D eigenvalue weighted by atomic mass is 16.5. The summed E-state index contributed by atoms with van der Waals surface area (Å²) in [5.41, 5.74) is 1.41. The molecule has 0 aromatic heterocycles. The van der Waals surface area contributed by atoms with Crippen LogP contribution in [0.4, 0.5) is 0 Å². The first kappa shape index (κ1) is 11.2. The molecule has 1 aromatic carbocycles. The van der Waals surface area contributed by atoms with Crippen LogP contribution in [0.15, 0.2) is 30.3 Å². The van der Waals surface area contributed by atoms with Crippen LogP contribution in [0.1, 0.15) is 31.2 Å². The van der Waals surface area contributed by atoms with Crippen LogP contribution in [0.3, 0.4) is 0 Å². The van der Waals surface area contributed by atoms with Gasteiger partial charge in [0.1, 0.15) is 0 Å². The monoisotopic (exact) mass is 231 g/mol. The Bertz CT molecular complexity index is 351. The van der Waals surface area contributed by atoms with Gasteiger partial charge in [0.25, 0.3) is 0 Å². The summed E-state index contributed by atoms with van der Waals surface area (Å²) in [5.74, 6) is 0. The molecular formula is C15H21NO. The zero-order valence-electron chi connectivity index (χ0n) is 10.3. The smallest absolute Gasteiger partial charge is 0.0728 e. The van der Waals surface area contributed by atoms with Crippen LogP contribution in [0, 0.1) is 0 Å². The largest absolute Gasteiger partial charge is 0.375 e. The first-order valence-corrected chi connectivity index (χ1v) is 6.83. The molecule has 0 radical (unpaired) electrons. The lowest BCUT2D eigenvalue weighted by molar-refractivity contribution is -0.0451. The average Bonchev–Trinajstić information content (AvgIpc) is 2.40. The molecule has 2 aliphatic rings. The summed E-state index contributed by atoms with van der Waals surface area (Å²) in [6, 6.07) is 11.8. The molecule has 1 aromatic rings. The van der Waals surface area contributed by atoms with E-state index in [1.54, 1.807) is 0 Å². The third-order valence-electron chi connectivity index (χ3n) is 3.99. The maximum Gasteiger partial charge on any atom is 0.0728 e. The first-order valence-electron chi connectivity index (χ1n) is 6.83. The molecule has 0 amide bonds. The van der Waals surface area contributed by atoms with Crippen molar-refractivity contribution in [1.82, 2.24) is 5.32 Å². The molecule has 1 saturated heterocycles. The summed E-state index contributed by atoms with van der Waals surface area (Å²) in [6.07, 6.45) is 6.80. The van der Waals surface area contributed by atoms with Crippen molar-refractivity contribution < 1.29 is 4.74 Å². The third kappa shape index (κ3) is 2.70. The lowest BCUT2D eigenvalue weighted by Gasteiger charge is -2.40. The molecule has 1 aliphatic carbocycles. The van der Waals surface area contributed by atoms with Crippen molar-refractivity contribution in [3.8, 4) is 0 Å². The summed E-state index contributed by atoms with van der Waals surface area (Å²) >= 11 is 0. The molecule has 3 unspecified atom stereocenters. The molecule has 1 aliphatic heterocycles. The predicted octanol–water partition coefficient (Wildman–Crippen LogP) is 2.53. The summed E-state index contributed by atoms with van der Waals surface area (Å²) in [4.78, 5) is 0. The van der Waals surface area contributed by atoms with Crippen LogP contribution in [0.5, 0.6) is 0 Å². The second-order valence-electron chi connectivity index (χ2n) is 5.32. The van der Waals surface area contributed by atoms with Gasteiger partial charge < -0.3 is 10.1 Å². The standard InChI is InChI=1S/C15H21NO/c1-2-6-12(7-3-1)10-13-11-17-15-9-5-4-8-14(15)16-13/h1-3,6-7,13-16H,4-5,8-11H2. The van der Waals surface area contributed by atoms with Crippen molar-refractivity contribution in [3.05, 3.63) is 35.9 Å². The summed E-state index contributed by atoms with van der Waals surface area (Å²) < 4.78 is 6.00. The SMILES string of the molecule is c1ccc(CC2COC3CCCCC3N2)cc1. The second-order valence-corrected chi connectivity index (χ2v) is 5.32. The van der Waals surface area contributed by atoms with Gasteiger partial charge in [0.2, 0.25) is 0 Å². The topological polar surface area (TPSA) is 21.3 Å². The Hall–Kier alpha value is -0.860. The molecule has 2 heteroatoms. The van der Waals surface area contributed by atoms with Crippen LogP contribution < -0.4 is 5.32 Å².